The van der Waals surface area contributed by atoms with Crippen LogP contribution >= 0.6 is 11.3 Å². The summed E-state index contributed by atoms with van der Waals surface area (Å²) in [6, 6.07) is 12.0. The van der Waals surface area contributed by atoms with E-state index in [-0.39, 0.29) is 13.2 Å². The number of alkyl halides is 3. The fourth-order valence-electron chi connectivity index (χ4n) is 2.32. The summed E-state index contributed by atoms with van der Waals surface area (Å²) in [7, 11) is 0. The van der Waals surface area contributed by atoms with Crippen LogP contribution < -0.4 is 14.8 Å². The minimum atomic E-state index is -4.55. The number of hydrogen-bond acceptors (Lipinski definition) is 6. The maximum absolute atomic E-state index is 12.9. The fraction of sp³-hybridized carbons (Fsp3) is 0.211. The number of benzene rings is 1. The Hall–Kier alpha value is -3.14. The first kappa shape index (κ1) is 20.6. The monoisotopic (exact) mass is 423 g/mol. The highest BCUT2D eigenvalue weighted by molar-refractivity contribution is 7.13. The van der Waals surface area contributed by atoms with Gasteiger partial charge in [-0.25, -0.2) is 0 Å². The molecule has 0 fully saturated rings. The molecule has 152 valence electrons. The van der Waals surface area contributed by atoms with E-state index >= 15 is 0 Å². The lowest BCUT2D eigenvalue weighted by Crippen LogP contribution is -2.32. The van der Waals surface area contributed by atoms with Gasteiger partial charge in [0.25, 0.3) is 5.91 Å². The number of nitrogens with one attached hydrogen (secondary N) is 1. The quantitative estimate of drug-likeness (QED) is 0.558. The van der Waals surface area contributed by atoms with Crippen molar-refractivity contribution in [1.29, 1.82) is 0 Å². The van der Waals surface area contributed by atoms with Gasteiger partial charge in [0.1, 0.15) is 18.1 Å². The van der Waals surface area contributed by atoms with Crippen LogP contribution in [0.2, 0.25) is 0 Å². The van der Waals surface area contributed by atoms with E-state index in [4.69, 9.17) is 9.47 Å². The first-order chi connectivity index (χ1) is 13.9. The Morgan fingerprint density at radius 1 is 1.03 bits per heavy atom. The number of amides is 1. The fourth-order valence-corrected chi connectivity index (χ4v) is 3.01. The third kappa shape index (κ3) is 5.92. The van der Waals surface area contributed by atoms with Crippen molar-refractivity contribution in [3.8, 4) is 22.2 Å². The summed E-state index contributed by atoms with van der Waals surface area (Å²) >= 11 is 1.55. The summed E-state index contributed by atoms with van der Waals surface area (Å²) < 4.78 is 49.0. The topological polar surface area (TPSA) is 73.3 Å². The van der Waals surface area contributed by atoms with Crippen molar-refractivity contribution < 1.29 is 27.4 Å². The zero-order chi connectivity index (χ0) is 20.7. The molecule has 1 aromatic carbocycles. The normalized spacial score (nSPS) is 11.1. The molecular weight excluding hydrogens is 407 g/mol. The molecule has 0 aliphatic heterocycles. The molecule has 0 unspecified atom stereocenters. The molecule has 6 nitrogen and oxygen atoms in total. The Labute approximate surface area is 168 Å². The van der Waals surface area contributed by atoms with E-state index in [0.29, 0.717) is 5.88 Å². The zero-order valence-electron chi connectivity index (χ0n) is 15.0. The molecule has 0 aliphatic rings. The smallest absolute Gasteiger partial charge is 0.419 e. The largest absolute Gasteiger partial charge is 0.483 e. The van der Waals surface area contributed by atoms with Crippen LogP contribution in [0.5, 0.6) is 11.6 Å². The highest BCUT2D eigenvalue weighted by Gasteiger charge is 2.34. The van der Waals surface area contributed by atoms with Crippen molar-refractivity contribution >= 4 is 17.2 Å². The van der Waals surface area contributed by atoms with Crippen molar-refractivity contribution in [2.75, 3.05) is 19.8 Å². The van der Waals surface area contributed by atoms with E-state index in [9.17, 15) is 18.0 Å². The Bertz CT molecular complexity index is 932. The molecule has 0 radical (unpaired) electrons. The molecule has 0 bridgehead atoms. The van der Waals surface area contributed by atoms with Crippen LogP contribution in [0.3, 0.4) is 0 Å². The minimum Gasteiger partial charge on any atom is -0.483 e. The molecule has 29 heavy (non-hydrogen) atoms. The molecular formula is C19H16F3N3O3S. The van der Waals surface area contributed by atoms with Gasteiger partial charge in [0.15, 0.2) is 6.61 Å². The lowest BCUT2D eigenvalue weighted by Gasteiger charge is -2.13. The van der Waals surface area contributed by atoms with Crippen LogP contribution in [-0.2, 0) is 11.0 Å². The molecule has 0 atom stereocenters. The van der Waals surface area contributed by atoms with Crippen molar-refractivity contribution in [3.63, 3.8) is 0 Å². The number of carbonyl (C=O) groups is 1. The van der Waals surface area contributed by atoms with Crippen molar-refractivity contribution in [1.82, 2.24) is 15.5 Å². The highest BCUT2D eigenvalue weighted by Crippen LogP contribution is 2.35. The number of halogens is 3. The number of thiophene rings is 1. The van der Waals surface area contributed by atoms with E-state index < -0.39 is 30.0 Å². The molecule has 0 aliphatic carbocycles. The molecule has 0 spiro atoms. The molecule has 0 saturated heterocycles. The molecule has 3 rings (SSSR count). The van der Waals surface area contributed by atoms with Crippen LogP contribution in [0.1, 0.15) is 5.56 Å². The maximum atomic E-state index is 12.9. The lowest BCUT2D eigenvalue weighted by molar-refractivity contribution is -0.139. The van der Waals surface area contributed by atoms with Crippen molar-refractivity contribution in [2.24, 2.45) is 0 Å². The lowest BCUT2D eigenvalue weighted by atomic mass is 10.2. The third-order valence-electron chi connectivity index (χ3n) is 3.64. The van der Waals surface area contributed by atoms with E-state index in [0.717, 1.165) is 22.7 Å². The van der Waals surface area contributed by atoms with Crippen molar-refractivity contribution in [3.05, 3.63) is 59.5 Å². The number of carbonyl (C=O) groups excluding carboxylic acids is 1. The van der Waals surface area contributed by atoms with E-state index in [1.165, 1.54) is 12.1 Å². The Morgan fingerprint density at radius 3 is 2.55 bits per heavy atom. The van der Waals surface area contributed by atoms with Crippen LogP contribution in [0.25, 0.3) is 10.6 Å². The molecule has 10 heteroatoms. The van der Waals surface area contributed by atoms with Crippen LogP contribution in [0, 0.1) is 0 Å². The SMILES string of the molecule is O=C(COc1ccccc1C(F)(F)F)NCCOc1ccc(-c2cccs2)nn1. The first-order valence-electron chi connectivity index (χ1n) is 8.49. The average Bonchev–Trinajstić information content (AvgIpc) is 3.24. The van der Waals surface area contributed by atoms with E-state index in [2.05, 4.69) is 15.5 Å². The predicted octanol–water partition coefficient (Wildman–Crippen LogP) is 3.80. The third-order valence-corrected chi connectivity index (χ3v) is 4.53. The molecule has 2 aromatic heterocycles. The van der Waals surface area contributed by atoms with Gasteiger partial charge in [-0.05, 0) is 29.6 Å². The molecule has 1 N–H and O–H groups in total. The summed E-state index contributed by atoms with van der Waals surface area (Å²) in [4.78, 5) is 12.8. The first-order valence-corrected chi connectivity index (χ1v) is 9.37. The van der Waals surface area contributed by atoms with Gasteiger partial charge in [0, 0.05) is 6.07 Å². The molecule has 2 heterocycles. The van der Waals surface area contributed by atoms with Gasteiger partial charge in [-0.15, -0.1) is 21.5 Å². The number of nitrogens with zero attached hydrogens (tertiary/aromatic N) is 2. The Balaban J connectivity index is 1.40. The number of rotatable bonds is 8. The molecule has 3 aromatic rings. The van der Waals surface area contributed by atoms with Gasteiger partial charge in [-0.3, -0.25) is 4.79 Å². The van der Waals surface area contributed by atoms with E-state index in [1.807, 2.05) is 17.5 Å². The van der Waals surface area contributed by atoms with Gasteiger partial charge in [-0.2, -0.15) is 13.2 Å². The van der Waals surface area contributed by atoms with Crippen LogP contribution in [-0.4, -0.2) is 35.9 Å². The number of ether oxygens (including phenoxy) is 2. The van der Waals surface area contributed by atoms with Gasteiger partial charge in [-0.1, -0.05) is 18.2 Å². The second-order valence-electron chi connectivity index (χ2n) is 5.72. The Kier molecular flexibility index (Phi) is 6.65. The van der Waals surface area contributed by atoms with Gasteiger partial charge in [0.05, 0.1) is 17.0 Å². The standard InChI is InChI=1S/C19H16F3N3O3S/c20-19(21,22)13-4-1-2-5-15(13)28-12-17(26)23-9-10-27-18-8-7-14(24-25-18)16-6-3-11-29-16/h1-8,11H,9-10,12H2,(H,23,26). The van der Waals surface area contributed by atoms with Crippen LogP contribution in [0.4, 0.5) is 13.2 Å². The van der Waals surface area contributed by atoms with Gasteiger partial charge >= 0.3 is 6.18 Å². The second-order valence-corrected chi connectivity index (χ2v) is 6.66. The molecule has 0 saturated carbocycles. The number of para-hydroxylation sites is 1. The summed E-state index contributed by atoms with van der Waals surface area (Å²) in [6.07, 6.45) is -4.55. The Morgan fingerprint density at radius 2 is 1.86 bits per heavy atom. The average molecular weight is 423 g/mol. The summed E-state index contributed by atoms with van der Waals surface area (Å²) in [5.41, 5.74) is -0.197. The van der Waals surface area contributed by atoms with Crippen LogP contribution in [0.15, 0.2) is 53.9 Å². The number of hydrogen-bond donors (Lipinski definition) is 1. The van der Waals surface area contributed by atoms with Gasteiger partial charge in [0.2, 0.25) is 5.88 Å². The maximum Gasteiger partial charge on any atom is 0.419 e. The summed E-state index contributed by atoms with van der Waals surface area (Å²) in [5, 5.41) is 12.5. The van der Waals surface area contributed by atoms with E-state index in [1.54, 1.807) is 23.5 Å². The van der Waals surface area contributed by atoms with Gasteiger partial charge < -0.3 is 14.8 Å². The highest BCUT2D eigenvalue weighted by atomic mass is 32.1. The second kappa shape index (κ2) is 9.37. The zero-order valence-corrected chi connectivity index (χ0v) is 15.8. The van der Waals surface area contributed by atoms with Crippen molar-refractivity contribution in [2.45, 2.75) is 6.18 Å². The molecule has 1 amide bonds. The summed E-state index contributed by atoms with van der Waals surface area (Å²) in [5.74, 6) is -0.660. The summed E-state index contributed by atoms with van der Waals surface area (Å²) in [6.45, 7) is -0.280. The minimum absolute atomic E-state index is 0.123. The number of aromatic nitrogens is 2. The predicted molar refractivity (Wildman–Crippen MR) is 101 cm³/mol.